The van der Waals surface area contributed by atoms with Gasteiger partial charge in [0.2, 0.25) is 0 Å². The Morgan fingerprint density at radius 3 is 0.667 bits per heavy atom. The van der Waals surface area contributed by atoms with Crippen molar-refractivity contribution in [1.29, 1.82) is 0 Å². The molecule has 0 aliphatic carbocycles. The van der Waals surface area contributed by atoms with Crippen molar-refractivity contribution in [3.63, 3.8) is 0 Å². The molecular weight excluding hydrogens is 112 g/mol. The van der Waals surface area contributed by atoms with Gasteiger partial charge in [0.1, 0.15) is 0 Å². The summed E-state index contributed by atoms with van der Waals surface area (Å²) in [6.45, 7) is 8.00. The normalized spacial score (nSPS) is 3.00. The maximum Gasteiger partial charge on any atom is -0.0683 e. The van der Waals surface area contributed by atoms with E-state index in [4.69, 9.17) is 0 Å². The lowest BCUT2D eigenvalue weighted by atomic mass is 11.0. The molecule has 0 aliphatic heterocycles. The molecule has 0 amide bonds. The fourth-order valence-electron chi connectivity index (χ4n) is 0. The third kappa shape index (κ3) is 131. The Morgan fingerprint density at radius 1 is 0.667 bits per heavy atom. The Balaban J connectivity index is -0.0000000225. The van der Waals surface area contributed by atoms with Gasteiger partial charge in [-0.2, -0.15) is 0 Å². The fourth-order valence-corrected chi connectivity index (χ4v) is 0. The summed E-state index contributed by atoms with van der Waals surface area (Å²) in [5, 5.41) is 0. The highest BCUT2D eigenvalue weighted by molar-refractivity contribution is 8.59. The summed E-state index contributed by atoms with van der Waals surface area (Å²) in [5.74, 6) is 0. The highest BCUT2D eigenvalue weighted by Crippen LogP contribution is 1.65. The number of rotatable bonds is 0. The predicted octanol–water partition coefficient (Wildman–Crippen LogP) is 2.81. The lowest BCUT2D eigenvalue weighted by molar-refractivity contribution is 1.50. The van der Waals surface area contributed by atoms with Gasteiger partial charge in [0, 0.05) is 0 Å². The van der Waals surface area contributed by atoms with E-state index in [1.54, 1.807) is 0 Å². The van der Waals surface area contributed by atoms with E-state index in [2.05, 4.69) is 23.3 Å². The van der Waals surface area contributed by atoms with Crippen LogP contribution in [0.1, 0.15) is 27.7 Å². The summed E-state index contributed by atoms with van der Waals surface area (Å²) in [4.78, 5) is 0. The van der Waals surface area contributed by atoms with Crippen molar-refractivity contribution in [2.24, 2.45) is 0 Å². The molecule has 0 saturated carbocycles. The van der Waals surface area contributed by atoms with Crippen LogP contribution in [0.25, 0.3) is 0 Å². The van der Waals surface area contributed by atoms with E-state index in [0.717, 1.165) is 0 Å². The Hall–Kier alpha value is 0.700. The van der Waals surface area contributed by atoms with Crippen LogP contribution in [0.4, 0.5) is 0 Å². The first kappa shape index (κ1) is 15.9. The molecule has 0 aromatic rings. The van der Waals surface area contributed by atoms with Gasteiger partial charge in [0.05, 0.1) is 0 Å². The van der Waals surface area contributed by atoms with Crippen molar-refractivity contribution in [2.75, 3.05) is 0 Å². The Morgan fingerprint density at radius 2 is 0.667 bits per heavy atom. The van der Waals surface area contributed by atoms with Crippen LogP contribution in [0.2, 0.25) is 0 Å². The van der Waals surface area contributed by atoms with Crippen molar-refractivity contribution < 1.29 is 0 Å². The van der Waals surface area contributed by atoms with Gasteiger partial charge in [-0.25, -0.2) is 0 Å². The molecule has 0 atom stereocenters. The average Bonchev–Trinajstić information content (AvgIpc) is 1.81. The lowest BCUT2D eigenvalue weighted by Crippen LogP contribution is -0.856. The Labute approximate surface area is 51.6 Å². The van der Waals surface area contributed by atoms with Crippen LogP contribution in [-0.4, -0.2) is 0 Å². The Bertz CT molecular complexity index is 5.51. The summed E-state index contributed by atoms with van der Waals surface area (Å²) in [7, 11) is 0. The van der Waals surface area contributed by atoms with Crippen LogP contribution < -0.4 is 0 Å². The van der Waals surface area contributed by atoms with Crippen molar-refractivity contribution in [1.82, 2.24) is 0 Å². The molecule has 0 radical (unpaired) electrons. The third-order valence-corrected chi connectivity index (χ3v) is 0. The molecule has 2 heteroatoms. The monoisotopic (exact) mass is 126 g/mol. The van der Waals surface area contributed by atoms with E-state index >= 15 is 0 Å². The molecule has 0 nitrogen and oxygen atoms in total. The molecule has 42 valence electrons. The van der Waals surface area contributed by atoms with Crippen LogP contribution in [0.5, 0.6) is 0 Å². The molecule has 0 bridgehead atoms. The van der Waals surface area contributed by atoms with Crippen LogP contribution in [0.15, 0.2) is 0 Å². The highest BCUT2D eigenvalue weighted by atomic mass is 33.1. The van der Waals surface area contributed by atoms with E-state index in [0.29, 0.717) is 0 Å². The molecular formula is C4H14S2. The van der Waals surface area contributed by atoms with E-state index in [9.17, 15) is 0 Å². The van der Waals surface area contributed by atoms with Gasteiger partial charge < -0.3 is 0 Å². The molecule has 0 fully saturated rings. The molecule has 0 aromatic heterocycles. The van der Waals surface area contributed by atoms with E-state index < -0.39 is 0 Å². The minimum Gasteiger partial charge on any atom is -0.115 e. The highest BCUT2D eigenvalue weighted by Gasteiger charge is 0.934. The van der Waals surface area contributed by atoms with Crippen LogP contribution in [0, 0.1) is 0 Å². The second-order valence-electron chi connectivity index (χ2n) is 0. The average molecular weight is 126 g/mol. The van der Waals surface area contributed by atoms with Gasteiger partial charge in [-0.1, -0.05) is 27.7 Å². The second kappa shape index (κ2) is 257. The van der Waals surface area contributed by atoms with E-state index in [1.807, 2.05) is 27.7 Å². The molecule has 0 saturated heterocycles. The van der Waals surface area contributed by atoms with Gasteiger partial charge >= 0.3 is 0 Å². The predicted molar refractivity (Wildman–Crippen MR) is 40.7 cm³/mol. The van der Waals surface area contributed by atoms with Crippen molar-refractivity contribution in [3.05, 3.63) is 0 Å². The van der Waals surface area contributed by atoms with Gasteiger partial charge in [-0.3, -0.25) is 0 Å². The molecule has 0 aromatic carbocycles. The van der Waals surface area contributed by atoms with Gasteiger partial charge in [-0.15, -0.1) is 23.3 Å². The van der Waals surface area contributed by atoms with Crippen molar-refractivity contribution >= 4 is 23.3 Å². The fraction of sp³-hybridized carbons (Fsp3) is 1.00. The largest absolute Gasteiger partial charge is 0.115 e. The number of hydrogen-bond acceptors (Lipinski definition) is 2. The first-order valence-electron chi connectivity index (χ1n) is 2.20. The smallest absolute Gasteiger partial charge is 0.0683 e. The SMILES string of the molecule is CC.CC.SS. The molecule has 0 N–H and O–H groups in total. The van der Waals surface area contributed by atoms with Gasteiger partial charge in [0.15, 0.2) is 0 Å². The minimum atomic E-state index is 2.00. The van der Waals surface area contributed by atoms with Crippen LogP contribution >= 0.6 is 23.3 Å². The molecule has 0 spiro atoms. The first-order chi connectivity index (χ1) is 3.00. The quantitative estimate of drug-likeness (QED) is 0.362. The zero-order valence-electron chi connectivity index (χ0n) is 4.89. The molecule has 0 aliphatic rings. The van der Waals surface area contributed by atoms with Gasteiger partial charge in [-0.05, 0) is 0 Å². The molecule has 6 heavy (non-hydrogen) atoms. The zero-order chi connectivity index (χ0) is 6.00. The Kier molecular flexibility index (Phi) is 681. The number of thiol groups is 2. The van der Waals surface area contributed by atoms with Crippen LogP contribution in [-0.2, 0) is 0 Å². The maximum atomic E-state index is 3.22. The molecule has 0 heterocycles. The van der Waals surface area contributed by atoms with Crippen molar-refractivity contribution in [3.8, 4) is 0 Å². The van der Waals surface area contributed by atoms with Gasteiger partial charge in [0.25, 0.3) is 0 Å². The molecule has 0 unspecified atom stereocenters. The molecule has 0 rings (SSSR count). The van der Waals surface area contributed by atoms with E-state index in [-0.39, 0.29) is 0 Å². The minimum absolute atomic E-state index is 2.00. The topological polar surface area (TPSA) is 0 Å². The summed E-state index contributed by atoms with van der Waals surface area (Å²) >= 11 is 6.44. The first-order valence-corrected chi connectivity index (χ1v) is 3.80. The third-order valence-electron chi connectivity index (χ3n) is 0. The van der Waals surface area contributed by atoms with E-state index in [1.165, 1.54) is 0 Å². The maximum absolute atomic E-state index is 3.22. The zero-order valence-corrected chi connectivity index (χ0v) is 6.68. The lowest BCUT2D eigenvalue weighted by Gasteiger charge is -1.11. The van der Waals surface area contributed by atoms with Crippen LogP contribution in [0.3, 0.4) is 0 Å². The summed E-state index contributed by atoms with van der Waals surface area (Å²) < 4.78 is 0. The number of hydrogen-bond donors (Lipinski definition) is 2. The summed E-state index contributed by atoms with van der Waals surface area (Å²) in [6, 6.07) is 0. The second-order valence-corrected chi connectivity index (χ2v) is 0. The van der Waals surface area contributed by atoms with Crippen molar-refractivity contribution in [2.45, 2.75) is 27.7 Å². The summed E-state index contributed by atoms with van der Waals surface area (Å²) in [5.41, 5.74) is 0. The standard InChI is InChI=1S/2C2H6.H2S2/c3*1-2/h2*1-2H3;1-2H. The summed E-state index contributed by atoms with van der Waals surface area (Å²) in [6.07, 6.45) is 0.